The number of hydrogen-bond donors (Lipinski definition) is 1. The summed E-state index contributed by atoms with van der Waals surface area (Å²) in [6.07, 6.45) is 0.757. The number of benzene rings is 3. The molecule has 5 nitrogen and oxygen atoms in total. The number of rotatable bonds is 8. The fraction of sp³-hybridized carbons (Fsp3) is 0.259. The molecule has 3 aromatic carbocycles. The number of carbonyl (C=O) groups is 2. The first-order chi connectivity index (χ1) is 16.2. The third kappa shape index (κ3) is 5.94. The van der Waals surface area contributed by atoms with Crippen LogP contribution in [0.15, 0.2) is 66.7 Å². The zero-order valence-electron chi connectivity index (χ0n) is 19.8. The van der Waals surface area contributed by atoms with Crippen LogP contribution in [0, 0.1) is 5.82 Å². The third-order valence-electron chi connectivity index (χ3n) is 5.75. The second-order valence-corrected chi connectivity index (χ2v) is 8.78. The standard InChI is InChI=1S/C27H29ClFN3O2/c1-5-18(2)32(27(34)19-10-12-21(29)13-11-19)17-20-16-22(14-15-25(20)31(3)4)30-26(33)23-8-6-7-9-24(23)28/h6-16,18H,5,17H2,1-4H3,(H,30,33). The van der Waals surface area contributed by atoms with Crippen molar-refractivity contribution in [1.29, 1.82) is 0 Å². The van der Waals surface area contributed by atoms with Gasteiger partial charge < -0.3 is 15.1 Å². The average molecular weight is 482 g/mol. The lowest BCUT2D eigenvalue weighted by molar-refractivity contribution is 0.0671. The summed E-state index contributed by atoms with van der Waals surface area (Å²) in [7, 11) is 3.85. The predicted molar refractivity (Wildman–Crippen MR) is 136 cm³/mol. The molecule has 0 saturated heterocycles. The van der Waals surface area contributed by atoms with Crippen molar-refractivity contribution in [2.45, 2.75) is 32.9 Å². The SMILES string of the molecule is CCC(C)N(Cc1cc(NC(=O)c2ccccc2Cl)ccc1N(C)C)C(=O)c1ccc(F)cc1. The monoisotopic (exact) mass is 481 g/mol. The van der Waals surface area contributed by atoms with E-state index in [2.05, 4.69) is 5.32 Å². The Bertz CT molecular complexity index is 1160. The summed E-state index contributed by atoms with van der Waals surface area (Å²) in [6, 6.07) is 18.0. The van der Waals surface area contributed by atoms with Crippen LogP contribution in [0.4, 0.5) is 15.8 Å². The molecular formula is C27H29ClFN3O2. The average Bonchev–Trinajstić information content (AvgIpc) is 2.82. The van der Waals surface area contributed by atoms with Gasteiger partial charge in [0.05, 0.1) is 10.6 Å². The van der Waals surface area contributed by atoms with Crippen molar-refractivity contribution in [2.24, 2.45) is 0 Å². The zero-order chi connectivity index (χ0) is 24.8. The highest BCUT2D eigenvalue weighted by Gasteiger charge is 2.23. The maximum Gasteiger partial charge on any atom is 0.257 e. The van der Waals surface area contributed by atoms with Gasteiger partial charge in [0.15, 0.2) is 0 Å². The van der Waals surface area contributed by atoms with E-state index in [4.69, 9.17) is 11.6 Å². The quantitative estimate of drug-likeness (QED) is 0.414. The van der Waals surface area contributed by atoms with Gasteiger partial charge in [-0.05, 0) is 73.5 Å². The molecule has 1 N–H and O–H groups in total. The maximum absolute atomic E-state index is 13.4. The Hall–Kier alpha value is -3.38. The normalized spacial score (nSPS) is 11.6. The third-order valence-corrected chi connectivity index (χ3v) is 6.08. The van der Waals surface area contributed by atoms with E-state index in [0.29, 0.717) is 28.4 Å². The topological polar surface area (TPSA) is 52.7 Å². The lowest BCUT2D eigenvalue weighted by Crippen LogP contribution is -2.38. The van der Waals surface area contributed by atoms with Crippen LogP contribution in [-0.2, 0) is 6.54 Å². The van der Waals surface area contributed by atoms with Crippen LogP contribution in [0.5, 0.6) is 0 Å². The summed E-state index contributed by atoms with van der Waals surface area (Å²) >= 11 is 6.17. The first-order valence-corrected chi connectivity index (χ1v) is 11.5. The molecule has 1 unspecified atom stereocenters. The van der Waals surface area contributed by atoms with Crippen molar-refractivity contribution in [2.75, 3.05) is 24.3 Å². The molecule has 0 aliphatic rings. The molecule has 1 atom stereocenters. The van der Waals surface area contributed by atoms with Gasteiger partial charge in [-0.3, -0.25) is 9.59 Å². The van der Waals surface area contributed by atoms with Crippen LogP contribution < -0.4 is 10.2 Å². The molecule has 0 aliphatic carbocycles. The molecule has 0 radical (unpaired) electrons. The molecule has 34 heavy (non-hydrogen) atoms. The first kappa shape index (κ1) is 25.2. The van der Waals surface area contributed by atoms with Crippen molar-refractivity contribution in [3.8, 4) is 0 Å². The number of halogens is 2. The summed E-state index contributed by atoms with van der Waals surface area (Å²) in [5, 5.41) is 3.28. The molecule has 0 heterocycles. The second kappa shape index (κ2) is 11.2. The number of anilines is 2. The van der Waals surface area contributed by atoms with Gasteiger partial charge in [0.25, 0.3) is 11.8 Å². The van der Waals surface area contributed by atoms with Gasteiger partial charge in [-0.1, -0.05) is 30.7 Å². The number of carbonyl (C=O) groups excluding carboxylic acids is 2. The number of hydrogen-bond acceptors (Lipinski definition) is 3. The van der Waals surface area contributed by atoms with Gasteiger partial charge in [0.2, 0.25) is 0 Å². The van der Waals surface area contributed by atoms with E-state index in [1.54, 1.807) is 29.2 Å². The molecular weight excluding hydrogens is 453 g/mol. The summed E-state index contributed by atoms with van der Waals surface area (Å²) in [5.74, 6) is -0.872. The van der Waals surface area contributed by atoms with Gasteiger partial charge in [-0.25, -0.2) is 4.39 Å². The largest absolute Gasteiger partial charge is 0.377 e. The fourth-order valence-corrected chi connectivity index (χ4v) is 3.88. The molecule has 2 amide bonds. The lowest BCUT2D eigenvalue weighted by Gasteiger charge is -2.31. The first-order valence-electron chi connectivity index (χ1n) is 11.1. The second-order valence-electron chi connectivity index (χ2n) is 8.37. The zero-order valence-corrected chi connectivity index (χ0v) is 20.6. The molecule has 0 aromatic heterocycles. The minimum absolute atomic E-state index is 0.0473. The Morgan fingerprint density at radius 1 is 1.03 bits per heavy atom. The van der Waals surface area contributed by atoms with Crippen molar-refractivity contribution in [3.63, 3.8) is 0 Å². The van der Waals surface area contributed by atoms with Crippen molar-refractivity contribution in [3.05, 3.63) is 94.3 Å². The highest BCUT2D eigenvalue weighted by atomic mass is 35.5. The van der Waals surface area contributed by atoms with Crippen LogP contribution in [0.25, 0.3) is 0 Å². The summed E-state index contributed by atoms with van der Waals surface area (Å²) in [5.41, 5.74) is 3.21. The highest BCUT2D eigenvalue weighted by molar-refractivity contribution is 6.34. The van der Waals surface area contributed by atoms with Crippen molar-refractivity contribution < 1.29 is 14.0 Å². The summed E-state index contributed by atoms with van der Waals surface area (Å²) in [4.78, 5) is 29.8. The van der Waals surface area contributed by atoms with Crippen LogP contribution in [0.1, 0.15) is 46.5 Å². The van der Waals surface area contributed by atoms with E-state index in [9.17, 15) is 14.0 Å². The van der Waals surface area contributed by atoms with E-state index in [0.717, 1.165) is 17.7 Å². The molecule has 0 aliphatic heterocycles. The van der Waals surface area contributed by atoms with Gasteiger partial charge in [0, 0.05) is 43.6 Å². The van der Waals surface area contributed by atoms with Crippen molar-refractivity contribution >= 4 is 34.8 Å². The maximum atomic E-state index is 13.4. The van der Waals surface area contributed by atoms with Crippen LogP contribution in [0.3, 0.4) is 0 Å². The number of nitrogens with zero attached hydrogens (tertiary/aromatic N) is 2. The number of nitrogens with one attached hydrogen (secondary N) is 1. The van der Waals surface area contributed by atoms with E-state index in [1.165, 1.54) is 24.3 Å². The minimum Gasteiger partial charge on any atom is -0.377 e. The van der Waals surface area contributed by atoms with E-state index in [-0.39, 0.29) is 23.7 Å². The predicted octanol–water partition coefficient (Wildman–Crippen LogP) is 6.24. The van der Waals surface area contributed by atoms with E-state index >= 15 is 0 Å². The Labute approximate surface area is 205 Å². The molecule has 3 aromatic rings. The Morgan fingerprint density at radius 3 is 2.32 bits per heavy atom. The molecule has 178 valence electrons. The van der Waals surface area contributed by atoms with Gasteiger partial charge in [-0.15, -0.1) is 0 Å². The Balaban J connectivity index is 1.93. The minimum atomic E-state index is -0.386. The van der Waals surface area contributed by atoms with Crippen LogP contribution >= 0.6 is 11.6 Å². The van der Waals surface area contributed by atoms with Gasteiger partial charge >= 0.3 is 0 Å². The highest BCUT2D eigenvalue weighted by Crippen LogP contribution is 2.27. The molecule has 0 fully saturated rings. The van der Waals surface area contributed by atoms with E-state index in [1.807, 2.05) is 51.0 Å². The molecule has 0 bridgehead atoms. The summed E-state index contributed by atoms with van der Waals surface area (Å²) in [6.45, 7) is 4.33. The molecule has 0 spiro atoms. The van der Waals surface area contributed by atoms with E-state index < -0.39 is 0 Å². The molecule has 7 heteroatoms. The van der Waals surface area contributed by atoms with Gasteiger partial charge in [-0.2, -0.15) is 0 Å². The van der Waals surface area contributed by atoms with Gasteiger partial charge in [0.1, 0.15) is 5.82 Å². The number of amides is 2. The lowest BCUT2D eigenvalue weighted by atomic mass is 10.1. The Morgan fingerprint density at radius 2 is 1.71 bits per heavy atom. The Kier molecular flexibility index (Phi) is 8.29. The smallest absolute Gasteiger partial charge is 0.257 e. The van der Waals surface area contributed by atoms with Crippen molar-refractivity contribution in [1.82, 2.24) is 4.90 Å². The fourth-order valence-electron chi connectivity index (χ4n) is 3.66. The molecule has 3 rings (SSSR count). The van der Waals surface area contributed by atoms with Crippen LogP contribution in [0.2, 0.25) is 5.02 Å². The van der Waals surface area contributed by atoms with Crippen LogP contribution in [-0.4, -0.2) is 36.9 Å². The summed E-state index contributed by atoms with van der Waals surface area (Å²) < 4.78 is 13.4. The molecule has 0 saturated carbocycles.